The van der Waals surface area contributed by atoms with E-state index in [1.54, 1.807) is 6.07 Å². The van der Waals surface area contributed by atoms with Crippen LogP contribution in [0.1, 0.15) is 0 Å². The molecule has 0 aromatic heterocycles. The van der Waals surface area contributed by atoms with Crippen molar-refractivity contribution in [2.75, 3.05) is 20.2 Å². The molecule has 1 aromatic rings. The van der Waals surface area contributed by atoms with Gasteiger partial charge in [-0.2, -0.15) is 0 Å². The van der Waals surface area contributed by atoms with E-state index >= 15 is 0 Å². The van der Waals surface area contributed by atoms with Gasteiger partial charge in [0.05, 0.1) is 7.11 Å². The quantitative estimate of drug-likeness (QED) is 0.789. The molecule has 1 heterocycles. The number of rotatable bonds is 3. The molecule has 0 atom stereocenters. The van der Waals surface area contributed by atoms with Crippen LogP contribution in [0.5, 0.6) is 11.5 Å². The van der Waals surface area contributed by atoms with Crippen LogP contribution < -0.4 is 14.8 Å². The monoisotopic (exact) mass is 197 g/mol. The van der Waals surface area contributed by atoms with Gasteiger partial charge in [0.1, 0.15) is 11.9 Å². The van der Waals surface area contributed by atoms with Crippen LogP contribution in [0.25, 0.3) is 0 Å². The zero-order valence-electron chi connectivity index (χ0n) is 7.92. The number of benzene rings is 1. The molecule has 1 fully saturated rings. The van der Waals surface area contributed by atoms with E-state index in [-0.39, 0.29) is 11.9 Å². The van der Waals surface area contributed by atoms with E-state index in [0.29, 0.717) is 11.5 Å². The molecule has 0 spiro atoms. The lowest BCUT2D eigenvalue weighted by molar-refractivity contribution is 0.137. The van der Waals surface area contributed by atoms with Gasteiger partial charge in [-0.3, -0.25) is 0 Å². The molecule has 1 N–H and O–H groups in total. The molecule has 1 aliphatic heterocycles. The summed E-state index contributed by atoms with van der Waals surface area (Å²) < 4.78 is 23.4. The number of halogens is 1. The number of nitrogens with one attached hydrogen (secondary N) is 1. The van der Waals surface area contributed by atoms with Gasteiger partial charge in [-0.05, 0) is 12.1 Å². The van der Waals surface area contributed by atoms with E-state index in [1.165, 1.54) is 19.2 Å². The summed E-state index contributed by atoms with van der Waals surface area (Å²) in [6.45, 7) is 1.67. The van der Waals surface area contributed by atoms with Crippen molar-refractivity contribution in [2.24, 2.45) is 0 Å². The molecule has 0 saturated carbocycles. The molecule has 0 bridgehead atoms. The van der Waals surface area contributed by atoms with E-state index in [4.69, 9.17) is 9.47 Å². The van der Waals surface area contributed by atoms with E-state index in [2.05, 4.69) is 5.32 Å². The Morgan fingerprint density at radius 2 is 2.14 bits per heavy atom. The highest BCUT2D eigenvalue weighted by atomic mass is 19.1. The predicted octanol–water partition coefficient (Wildman–Crippen LogP) is 1.18. The highest BCUT2D eigenvalue weighted by molar-refractivity contribution is 5.40. The first-order valence-corrected chi connectivity index (χ1v) is 4.50. The number of hydrogen-bond acceptors (Lipinski definition) is 3. The van der Waals surface area contributed by atoms with Crippen LogP contribution in [0.3, 0.4) is 0 Å². The molecule has 4 heteroatoms. The third-order valence-corrected chi connectivity index (χ3v) is 2.16. The Balaban J connectivity index is 2.14. The van der Waals surface area contributed by atoms with Crippen LogP contribution >= 0.6 is 0 Å². The summed E-state index contributed by atoms with van der Waals surface area (Å²) in [4.78, 5) is 0. The summed E-state index contributed by atoms with van der Waals surface area (Å²) in [6, 6.07) is 4.28. The lowest BCUT2D eigenvalue weighted by atomic mass is 10.2. The number of methoxy groups -OCH3 is 1. The Hall–Kier alpha value is -1.29. The third kappa shape index (κ3) is 1.80. The van der Waals surface area contributed by atoms with Crippen molar-refractivity contribution < 1.29 is 13.9 Å². The summed E-state index contributed by atoms with van der Waals surface area (Å²) in [6.07, 6.45) is 0.175. The van der Waals surface area contributed by atoms with Gasteiger partial charge in [0.15, 0.2) is 11.5 Å². The molecular weight excluding hydrogens is 185 g/mol. The van der Waals surface area contributed by atoms with Crippen molar-refractivity contribution in [2.45, 2.75) is 6.10 Å². The Labute approximate surface area is 81.8 Å². The molecule has 14 heavy (non-hydrogen) atoms. The van der Waals surface area contributed by atoms with E-state index in [9.17, 15) is 4.39 Å². The molecule has 0 aliphatic carbocycles. The fourth-order valence-corrected chi connectivity index (χ4v) is 1.26. The van der Waals surface area contributed by atoms with Crippen LogP contribution in [0.2, 0.25) is 0 Å². The van der Waals surface area contributed by atoms with Crippen LogP contribution in [-0.4, -0.2) is 26.3 Å². The van der Waals surface area contributed by atoms with Crippen molar-refractivity contribution in [3.8, 4) is 11.5 Å². The Morgan fingerprint density at radius 1 is 1.36 bits per heavy atom. The summed E-state index contributed by atoms with van der Waals surface area (Å²) in [5.41, 5.74) is 0. The molecule has 1 saturated heterocycles. The van der Waals surface area contributed by atoms with Gasteiger partial charge in [0, 0.05) is 19.2 Å². The zero-order chi connectivity index (χ0) is 9.97. The molecule has 0 unspecified atom stereocenters. The van der Waals surface area contributed by atoms with Crippen LogP contribution in [0.15, 0.2) is 18.2 Å². The van der Waals surface area contributed by atoms with Crippen LogP contribution in [-0.2, 0) is 0 Å². The predicted molar refractivity (Wildman–Crippen MR) is 50.2 cm³/mol. The third-order valence-electron chi connectivity index (χ3n) is 2.16. The first kappa shape index (κ1) is 9.27. The van der Waals surface area contributed by atoms with Gasteiger partial charge in [-0.25, -0.2) is 4.39 Å². The fraction of sp³-hybridized carbons (Fsp3) is 0.400. The number of hydrogen-bond donors (Lipinski definition) is 1. The smallest absolute Gasteiger partial charge is 0.163 e. The minimum atomic E-state index is -0.319. The molecule has 0 radical (unpaired) electrons. The van der Waals surface area contributed by atoms with Crippen molar-refractivity contribution >= 4 is 0 Å². The molecule has 76 valence electrons. The maximum Gasteiger partial charge on any atom is 0.163 e. The van der Waals surface area contributed by atoms with Crippen molar-refractivity contribution in [1.29, 1.82) is 0 Å². The fourth-order valence-electron chi connectivity index (χ4n) is 1.26. The van der Waals surface area contributed by atoms with Crippen molar-refractivity contribution in [3.63, 3.8) is 0 Å². The van der Waals surface area contributed by atoms with Gasteiger partial charge >= 0.3 is 0 Å². The first-order chi connectivity index (χ1) is 6.79. The average molecular weight is 197 g/mol. The largest absolute Gasteiger partial charge is 0.493 e. The van der Waals surface area contributed by atoms with Crippen LogP contribution in [0, 0.1) is 5.82 Å². The lowest BCUT2D eigenvalue weighted by Crippen LogP contribution is -2.50. The summed E-state index contributed by atoms with van der Waals surface area (Å²) in [5.74, 6) is 0.721. The summed E-state index contributed by atoms with van der Waals surface area (Å²) in [7, 11) is 1.50. The minimum absolute atomic E-state index is 0.175. The van der Waals surface area contributed by atoms with E-state index < -0.39 is 0 Å². The second-order valence-corrected chi connectivity index (χ2v) is 3.19. The van der Waals surface area contributed by atoms with E-state index in [1.807, 2.05) is 0 Å². The first-order valence-electron chi connectivity index (χ1n) is 4.50. The Bertz CT molecular complexity index is 326. The van der Waals surface area contributed by atoms with Crippen LogP contribution in [0.4, 0.5) is 4.39 Å². The molecular formula is C10H12FNO2. The highest BCUT2D eigenvalue weighted by Crippen LogP contribution is 2.28. The van der Waals surface area contributed by atoms with Crippen molar-refractivity contribution in [3.05, 3.63) is 24.0 Å². The maximum absolute atomic E-state index is 12.8. The average Bonchev–Trinajstić information content (AvgIpc) is 2.13. The van der Waals surface area contributed by atoms with Gasteiger partial charge in [-0.1, -0.05) is 0 Å². The minimum Gasteiger partial charge on any atom is -0.493 e. The maximum atomic E-state index is 12.8. The lowest BCUT2D eigenvalue weighted by Gasteiger charge is -2.28. The summed E-state index contributed by atoms with van der Waals surface area (Å²) in [5, 5.41) is 3.09. The SMILES string of the molecule is COc1cc(F)ccc1OC1CNC1. The van der Waals surface area contributed by atoms with Gasteiger partial charge in [0.25, 0.3) is 0 Å². The normalized spacial score (nSPS) is 16.1. The van der Waals surface area contributed by atoms with Gasteiger partial charge in [-0.15, -0.1) is 0 Å². The second kappa shape index (κ2) is 3.84. The Morgan fingerprint density at radius 3 is 2.71 bits per heavy atom. The second-order valence-electron chi connectivity index (χ2n) is 3.19. The molecule has 3 nitrogen and oxygen atoms in total. The highest BCUT2D eigenvalue weighted by Gasteiger charge is 2.20. The molecule has 1 aromatic carbocycles. The van der Waals surface area contributed by atoms with Crippen molar-refractivity contribution in [1.82, 2.24) is 5.32 Å². The van der Waals surface area contributed by atoms with E-state index in [0.717, 1.165) is 13.1 Å². The van der Waals surface area contributed by atoms with Gasteiger partial charge in [0.2, 0.25) is 0 Å². The topological polar surface area (TPSA) is 30.5 Å². The molecule has 0 amide bonds. The van der Waals surface area contributed by atoms with Gasteiger partial charge < -0.3 is 14.8 Å². The Kier molecular flexibility index (Phi) is 2.54. The molecule has 2 rings (SSSR count). The standard InChI is InChI=1S/C10H12FNO2/c1-13-10-4-7(11)2-3-9(10)14-8-5-12-6-8/h2-4,8,12H,5-6H2,1H3. The zero-order valence-corrected chi connectivity index (χ0v) is 7.92. The number of ether oxygens (including phenoxy) is 2. The summed E-state index contributed by atoms with van der Waals surface area (Å²) >= 11 is 0. The molecule has 1 aliphatic rings.